The summed E-state index contributed by atoms with van der Waals surface area (Å²) in [4.78, 5) is 13.3. The van der Waals surface area contributed by atoms with Crippen molar-refractivity contribution in [1.82, 2.24) is 9.62 Å². The van der Waals surface area contributed by atoms with Gasteiger partial charge < -0.3 is 5.32 Å². The molecule has 0 aromatic heterocycles. The fourth-order valence-electron chi connectivity index (χ4n) is 4.73. The summed E-state index contributed by atoms with van der Waals surface area (Å²) in [5.41, 5.74) is 3.38. The first-order valence-corrected chi connectivity index (χ1v) is 13.1. The minimum Gasteiger partial charge on any atom is -0.348 e. The number of benzene rings is 2. The summed E-state index contributed by atoms with van der Waals surface area (Å²) in [6.45, 7) is 7.32. The number of nitrogens with one attached hydrogen (secondary N) is 1. The standard InChI is InChI=1S/C25H33ClN2O3S/c1-17-14-18(2)25(19(3)15-17)32(30,31)28(23-8-6-5-7-9-23)16-24(29)27-20(4)21-10-12-22(26)13-11-21/h10-15,20,23H,5-9,16H2,1-4H3,(H,27,29)/t20-/m0/s1. The Labute approximate surface area is 197 Å². The average Bonchev–Trinajstić information content (AvgIpc) is 2.72. The number of carbonyl (C=O) groups is 1. The molecule has 0 spiro atoms. The zero-order valence-electron chi connectivity index (χ0n) is 19.3. The fraction of sp³-hybridized carbons (Fsp3) is 0.480. The van der Waals surface area contributed by atoms with Gasteiger partial charge in [-0.25, -0.2) is 8.42 Å². The van der Waals surface area contributed by atoms with Gasteiger partial charge in [-0.05, 0) is 69.4 Å². The van der Waals surface area contributed by atoms with Crippen LogP contribution in [0.1, 0.15) is 67.3 Å². The summed E-state index contributed by atoms with van der Waals surface area (Å²) >= 11 is 5.96. The van der Waals surface area contributed by atoms with Crippen LogP contribution in [-0.4, -0.2) is 31.2 Å². The van der Waals surface area contributed by atoms with Crippen LogP contribution < -0.4 is 5.32 Å². The molecule has 2 aromatic carbocycles. The van der Waals surface area contributed by atoms with Gasteiger partial charge in [0.25, 0.3) is 0 Å². The Morgan fingerprint density at radius 2 is 1.62 bits per heavy atom. The zero-order chi connectivity index (χ0) is 23.5. The maximum atomic E-state index is 13.8. The highest BCUT2D eigenvalue weighted by Gasteiger charge is 2.36. The first kappa shape index (κ1) is 24.7. The van der Waals surface area contributed by atoms with Crippen LogP contribution in [0.15, 0.2) is 41.3 Å². The molecule has 1 N–H and O–H groups in total. The van der Waals surface area contributed by atoms with E-state index in [1.54, 1.807) is 12.1 Å². The molecule has 32 heavy (non-hydrogen) atoms. The lowest BCUT2D eigenvalue weighted by atomic mass is 9.95. The normalized spacial score (nSPS) is 16.2. The molecule has 2 aromatic rings. The van der Waals surface area contributed by atoms with Gasteiger partial charge in [0.2, 0.25) is 15.9 Å². The fourth-order valence-corrected chi connectivity index (χ4v) is 6.92. The molecule has 3 rings (SSSR count). The molecule has 1 aliphatic carbocycles. The second-order valence-corrected chi connectivity index (χ2v) is 11.2. The number of hydrogen-bond donors (Lipinski definition) is 1. The lowest BCUT2D eigenvalue weighted by Crippen LogP contribution is -2.47. The Bertz CT molecular complexity index is 1040. The van der Waals surface area contributed by atoms with Crippen LogP contribution in [0.5, 0.6) is 0 Å². The second kappa shape index (κ2) is 10.4. The van der Waals surface area contributed by atoms with E-state index in [0.29, 0.717) is 9.92 Å². The summed E-state index contributed by atoms with van der Waals surface area (Å²) in [5.74, 6) is -0.302. The van der Waals surface area contributed by atoms with Crippen LogP contribution in [0, 0.1) is 20.8 Å². The third-order valence-corrected chi connectivity index (χ3v) is 8.66. The quantitative estimate of drug-likeness (QED) is 0.576. The number of carbonyl (C=O) groups excluding carboxylic acids is 1. The third kappa shape index (κ3) is 5.72. The van der Waals surface area contributed by atoms with Crippen molar-refractivity contribution in [3.05, 3.63) is 63.7 Å². The molecule has 7 heteroatoms. The van der Waals surface area contributed by atoms with Gasteiger partial charge in [-0.15, -0.1) is 0 Å². The minimum absolute atomic E-state index is 0.162. The highest BCUT2D eigenvalue weighted by molar-refractivity contribution is 7.89. The predicted molar refractivity (Wildman–Crippen MR) is 129 cm³/mol. The number of hydrogen-bond acceptors (Lipinski definition) is 3. The Morgan fingerprint density at radius 3 is 2.19 bits per heavy atom. The van der Waals surface area contributed by atoms with Gasteiger partial charge in [-0.3, -0.25) is 4.79 Å². The topological polar surface area (TPSA) is 66.5 Å². The van der Waals surface area contributed by atoms with E-state index in [2.05, 4.69) is 5.32 Å². The van der Waals surface area contributed by atoms with Crippen molar-refractivity contribution < 1.29 is 13.2 Å². The van der Waals surface area contributed by atoms with Crippen LogP contribution in [-0.2, 0) is 14.8 Å². The van der Waals surface area contributed by atoms with Crippen LogP contribution >= 0.6 is 11.6 Å². The van der Waals surface area contributed by atoms with Crippen LogP contribution in [0.25, 0.3) is 0 Å². The first-order chi connectivity index (χ1) is 15.1. The molecule has 174 valence electrons. The predicted octanol–water partition coefficient (Wildman–Crippen LogP) is 5.47. The lowest BCUT2D eigenvalue weighted by molar-refractivity contribution is -0.122. The Hall–Kier alpha value is -1.89. The molecule has 0 bridgehead atoms. The van der Waals surface area contributed by atoms with E-state index in [1.165, 1.54) is 4.31 Å². The summed E-state index contributed by atoms with van der Waals surface area (Å²) < 4.78 is 29.1. The Kier molecular flexibility index (Phi) is 8.01. The van der Waals surface area contributed by atoms with E-state index < -0.39 is 10.0 Å². The highest BCUT2D eigenvalue weighted by Crippen LogP contribution is 2.31. The van der Waals surface area contributed by atoms with Gasteiger partial charge in [0.1, 0.15) is 0 Å². The molecule has 0 radical (unpaired) electrons. The Morgan fingerprint density at radius 1 is 1.06 bits per heavy atom. The molecule has 5 nitrogen and oxygen atoms in total. The molecule has 0 unspecified atom stereocenters. The SMILES string of the molecule is Cc1cc(C)c(S(=O)(=O)N(CC(=O)N[C@@H](C)c2ccc(Cl)cc2)C2CCCCC2)c(C)c1. The van der Waals surface area contributed by atoms with Crippen molar-refractivity contribution in [3.63, 3.8) is 0 Å². The van der Waals surface area contributed by atoms with Crippen molar-refractivity contribution in [1.29, 1.82) is 0 Å². The van der Waals surface area contributed by atoms with E-state index in [-0.39, 0.29) is 24.5 Å². The van der Waals surface area contributed by atoms with Crippen molar-refractivity contribution in [2.45, 2.75) is 76.8 Å². The van der Waals surface area contributed by atoms with E-state index in [9.17, 15) is 13.2 Å². The molecule has 0 saturated heterocycles. The van der Waals surface area contributed by atoms with Gasteiger partial charge in [0, 0.05) is 11.1 Å². The maximum Gasteiger partial charge on any atom is 0.244 e. The average molecular weight is 477 g/mol. The van der Waals surface area contributed by atoms with E-state index in [0.717, 1.165) is 54.4 Å². The molecule has 1 saturated carbocycles. The van der Waals surface area contributed by atoms with Crippen LogP contribution in [0.2, 0.25) is 5.02 Å². The van der Waals surface area contributed by atoms with Crippen LogP contribution in [0.3, 0.4) is 0 Å². The van der Waals surface area contributed by atoms with Crippen LogP contribution in [0.4, 0.5) is 0 Å². The summed E-state index contributed by atoms with van der Waals surface area (Å²) in [7, 11) is -3.82. The van der Waals surface area contributed by atoms with Gasteiger partial charge in [-0.1, -0.05) is 60.7 Å². The van der Waals surface area contributed by atoms with Gasteiger partial charge in [0.05, 0.1) is 17.5 Å². The molecule has 0 heterocycles. The molecule has 1 amide bonds. The summed E-state index contributed by atoms with van der Waals surface area (Å²) in [6, 6.07) is 10.7. The largest absolute Gasteiger partial charge is 0.348 e. The lowest BCUT2D eigenvalue weighted by Gasteiger charge is -2.34. The molecular formula is C25H33ClN2O3S. The third-order valence-electron chi connectivity index (χ3n) is 6.20. The van der Waals surface area contributed by atoms with E-state index in [4.69, 9.17) is 11.6 Å². The number of nitrogens with zero attached hydrogens (tertiary/aromatic N) is 1. The van der Waals surface area contributed by atoms with Crippen molar-refractivity contribution in [2.24, 2.45) is 0 Å². The first-order valence-electron chi connectivity index (χ1n) is 11.2. The second-order valence-electron chi connectivity index (χ2n) is 8.91. The Balaban J connectivity index is 1.87. The van der Waals surface area contributed by atoms with Gasteiger partial charge >= 0.3 is 0 Å². The number of aryl methyl sites for hydroxylation is 3. The molecule has 1 fully saturated rings. The molecule has 1 atom stereocenters. The maximum absolute atomic E-state index is 13.8. The molecule has 0 aliphatic heterocycles. The number of amides is 1. The number of sulfonamides is 1. The van der Waals surface area contributed by atoms with Crippen molar-refractivity contribution >= 4 is 27.5 Å². The van der Waals surface area contributed by atoms with Crippen molar-refractivity contribution in [2.75, 3.05) is 6.54 Å². The monoisotopic (exact) mass is 476 g/mol. The van der Waals surface area contributed by atoms with Gasteiger partial charge in [-0.2, -0.15) is 4.31 Å². The summed E-state index contributed by atoms with van der Waals surface area (Å²) in [5, 5.41) is 3.59. The molecular weight excluding hydrogens is 444 g/mol. The number of rotatable bonds is 7. The highest BCUT2D eigenvalue weighted by atomic mass is 35.5. The summed E-state index contributed by atoms with van der Waals surface area (Å²) in [6.07, 6.45) is 4.62. The van der Waals surface area contributed by atoms with E-state index in [1.807, 2.05) is 52.0 Å². The smallest absolute Gasteiger partial charge is 0.244 e. The zero-order valence-corrected chi connectivity index (χ0v) is 20.9. The number of halogens is 1. The van der Waals surface area contributed by atoms with Gasteiger partial charge in [0.15, 0.2) is 0 Å². The molecule has 1 aliphatic rings. The minimum atomic E-state index is -3.82. The van der Waals surface area contributed by atoms with Crippen molar-refractivity contribution in [3.8, 4) is 0 Å². The van der Waals surface area contributed by atoms with E-state index >= 15 is 0 Å².